The molecule has 4 nitrogen and oxygen atoms in total. The Balaban J connectivity index is 2.04. The van der Waals surface area contributed by atoms with E-state index in [4.69, 9.17) is 4.74 Å². The van der Waals surface area contributed by atoms with E-state index in [9.17, 15) is 9.90 Å². The molecule has 2 aromatic carbocycles. The molecule has 3 aromatic rings. The summed E-state index contributed by atoms with van der Waals surface area (Å²) in [6, 6.07) is 14.9. The number of phenols is 1. The molecule has 26 heavy (non-hydrogen) atoms. The number of para-hydroxylation sites is 1. The largest absolute Gasteiger partial charge is 0.507 e. The number of carbonyl (C=O) groups is 1. The van der Waals surface area contributed by atoms with Gasteiger partial charge in [0, 0.05) is 22.7 Å². The average Bonchev–Trinajstić information content (AvgIpc) is 3.06. The zero-order valence-corrected chi connectivity index (χ0v) is 15.4. The molecular weight excluding hydrogens is 346 g/mol. The second-order valence-electron chi connectivity index (χ2n) is 5.73. The van der Waals surface area contributed by atoms with E-state index in [1.54, 1.807) is 31.3 Å². The third kappa shape index (κ3) is 3.83. The first-order valence-electron chi connectivity index (χ1n) is 8.28. The molecule has 1 heterocycles. The van der Waals surface area contributed by atoms with Crippen LogP contribution in [0.5, 0.6) is 5.75 Å². The van der Waals surface area contributed by atoms with Crippen molar-refractivity contribution in [3.8, 4) is 16.9 Å². The van der Waals surface area contributed by atoms with Gasteiger partial charge in [-0.1, -0.05) is 42.0 Å². The SMILES string of the molecule is CCOC(=O)c1c(-c2ccc(C)cc2)csc1N=Cc1ccccc1O. The lowest BCUT2D eigenvalue weighted by Gasteiger charge is -2.06. The van der Waals surface area contributed by atoms with Crippen molar-refractivity contribution in [3.05, 3.63) is 70.6 Å². The van der Waals surface area contributed by atoms with E-state index < -0.39 is 5.97 Å². The monoisotopic (exact) mass is 365 g/mol. The number of hydrogen-bond acceptors (Lipinski definition) is 5. The minimum atomic E-state index is -0.395. The van der Waals surface area contributed by atoms with Crippen molar-refractivity contribution in [2.75, 3.05) is 6.61 Å². The normalized spacial score (nSPS) is 11.0. The van der Waals surface area contributed by atoms with Crippen LogP contribution in [0.25, 0.3) is 11.1 Å². The molecule has 0 fully saturated rings. The highest BCUT2D eigenvalue weighted by molar-refractivity contribution is 7.14. The summed E-state index contributed by atoms with van der Waals surface area (Å²) in [5.74, 6) is -0.252. The molecule has 0 saturated heterocycles. The second kappa shape index (κ2) is 7.97. The number of nitrogens with zero attached hydrogens (tertiary/aromatic N) is 1. The Hall–Kier alpha value is -2.92. The number of aryl methyl sites for hydroxylation is 1. The maximum absolute atomic E-state index is 12.5. The summed E-state index contributed by atoms with van der Waals surface area (Å²) in [7, 11) is 0. The Kier molecular flexibility index (Phi) is 5.49. The van der Waals surface area contributed by atoms with Crippen LogP contribution in [0.3, 0.4) is 0 Å². The fourth-order valence-corrected chi connectivity index (χ4v) is 3.42. The molecule has 0 aliphatic heterocycles. The van der Waals surface area contributed by atoms with Crippen LogP contribution in [0.1, 0.15) is 28.4 Å². The van der Waals surface area contributed by atoms with Gasteiger partial charge in [-0.05, 0) is 31.5 Å². The van der Waals surface area contributed by atoms with Crippen molar-refractivity contribution in [1.82, 2.24) is 0 Å². The summed E-state index contributed by atoms with van der Waals surface area (Å²) in [5, 5.41) is 12.3. The fourth-order valence-electron chi connectivity index (χ4n) is 2.51. The number of aromatic hydroxyl groups is 1. The predicted octanol–water partition coefficient (Wildman–Crippen LogP) is 5.36. The number of benzene rings is 2. The van der Waals surface area contributed by atoms with Crippen molar-refractivity contribution in [1.29, 1.82) is 0 Å². The number of rotatable bonds is 5. The third-order valence-corrected chi connectivity index (χ3v) is 4.76. The molecule has 0 amide bonds. The quantitative estimate of drug-likeness (QED) is 0.489. The van der Waals surface area contributed by atoms with E-state index in [2.05, 4.69) is 4.99 Å². The lowest BCUT2D eigenvalue weighted by molar-refractivity contribution is 0.0529. The lowest BCUT2D eigenvalue weighted by Crippen LogP contribution is -2.05. The minimum Gasteiger partial charge on any atom is -0.507 e. The molecule has 1 N–H and O–H groups in total. The smallest absolute Gasteiger partial charge is 0.341 e. The van der Waals surface area contributed by atoms with E-state index in [-0.39, 0.29) is 5.75 Å². The zero-order valence-electron chi connectivity index (χ0n) is 14.6. The number of thiophene rings is 1. The van der Waals surface area contributed by atoms with Crippen molar-refractivity contribution in [2.24, 2.45) is 4.99 Å². The first-order chi connectivity index (χ1) is 12.6. The molecule has 0 atom stereocenters. The van der Waals surface area contributed by atoms with Crippen molar-refractivity contribution < 1.29 is 14.6 Å². The minimum absolute atomic E-state index is 0.143. The van der Waals surface area contributed by atoms with Crippen LogP contribution in [-0.2, 0) is 4.74 Å². The van der Waals surface area contributed by atoms with Gasteiger partial charge < -0.3 is 9.84 Å². The summed E-state index contributed by atoms with van der Waals surface area (Å²) in [4.78, 5) is 17.0. The summed E-state index contributed by atoms with van der Waals surface area (Å²) < 4.78 is 5.23. The number of hydrogen-bond donors (Lipinski definition) is 1. The van der Waals surface area contributed by atoms with E-state index in [0.29, 0.717) is 22.7 Å². The molecule has 0 aliphatic rings. The Bertz CT molecular complexity index is 942. The van der Waals surface area contributed by atoms with Crippen LogP contribution in [-0.4, -0.2) is 23.9 Å². The van der Waals surface area contributed by atoms with E-state index in [1.807, 2.05) is 42.6 Å². The molecule has 0 aliphatic carbocycles. The van der Waals surface area contributed by atoms with Crippen molar-refractivity contribution >= 4 is 28.5 Å². The van der Waals surface area contributed by atoms with Gasteiger partial charge in [0.2, 0.25) is 0 Å². The van der Waals surface area contributed by atoms with Gasteiger partial charge >= 0.3 is 5.97 Å². The van der Waals surface area contributed by atoms with Gasteiger partial charge in [-0.25, -0.2) is 9.79 Å². The molecule has 1 aromatic heterocycles. The third-order valence-electron chi connectivity index (χ3n) is 3.87. The van der Waals surface area contributed by atoms with E-state index in [0.717, 1.165) is 16.7 Å². The molecule has 0 bridgehead atoms. The zero-order chi connectivity index (χ0) is 18.5. The highest BCUT2D eigenvalue weighted by atomic mass is 32.1. The van der Waals surface area contributed by atoms with Gasteiger partial charge in [0.1, 0.15) is 16.3 Å². The fraction of sp³-hybridized carbons (Fsp3) is 0.143. The standard InChI is InChI=1S/C21H19NO3S/c1-3-25-21(24)19-17(15-10-8-14(2)9-11-15)13-26-20(19)22-12-16-6-4-5-7-18(16)23/h4-13,23H,3H2,1-2H3. The number of esters is 1. The highest BCUT2D eigenvalue weighted by Gasteiger charge is 2.21. The molecule has 0 spiro atoms. The van der Waals surface area contributed by atoms with Crippen molar-refractivity contribution in [3.63, 3.8) is 0 Å². The number of carbonyl (C=O) groups excluding carboxylic acids is 1. The van der Waals surface area contributed by atoms with Crippen molar-refractivity contribution in [2.45, 2.75) is 13.8 Å². The van der Waals surface area contributed by atoms with E-state index >= 15 is 0 Å². The van der Waals surface area contributed by atoms with Gasteiger partial charge in [-0.15, -0.1) is 11.3 Å². The van der Waals surface area contributed by atoms with Gasteiger partial charge in [0.25, 0.3) is 0 Å². The van der Waals surface area contributed by atoms with Crippen LogP contribution in [0.2, 0.25) is 0 Å². The van der Waals surface area contributed by atoms with Gasteiger partial charge in [-0.2, -0.15) is 0 Å². The van der Waals surface area contributed by atoms with Crippen LogP contribution in [0.4, 0.5) is 5.00 Å². The Morgan fingerprint density at radius 2 is 1.92 bits per heavy atom. The van der Waals surface area contributed by atoms with Crippen LogP contribution in [0.15, 0.2) is 58.9 Å². The Morgan fingerprint density at radius 1 is 1.19 bits per heavy atom. The summed E-state index contributed by atoms with van der Waals surface area (Å²) in [5.41, 5.74) is 3.94. The summed E-state index contributed by atoms with van der Waals surface area (Å²) in [6.45, 7) is 4.09. The van der Waals surface area contributed by atoms with Gasteiger partial charge in [0.15, 0.2) is 0 Å². The first kappa shape index (κ1) is 17.9. The number of aliphatic imine (C=N–C) groups is 1. The highest BCUT2D eigenvalue weighted by Crippen LogP contribution is 2.38. The molecular formula is C21H19NO3S. The summed E-state index contributed by atoms with van der Waals surface area (Å²) in [6.07, 6.45) is 1.56. The summed E-state index contributed by atoms with van der Waals surface area (Å²) >= 11 is 1.37. The maximum Gasteiger partial charge on any atom is 0.341 e. The Labute approximate surface area is 156 Å². The van der Waals surface area contributed by atoms with Crippen LogP contribution >= 0.6 is 11.3 Å². The topological polar surface area (TPSA) is 58.9 Å². The van der Waals surface area contributed by atoms with Crippen LogP contribution in [0, 0.1) is 6.92 Å². The molecule has 3 rings (SSSR count). The second-order valence-corrected chi connectivity index (χ2v) is 6.59. The average molecular weight is 365 g/mol. The van der Waals surface area contributed by atoms with Gasteiger partial charge in [0.05, 0.1) is 6.61 Å². The van der Waals surface area contributed by atoms with Crippen LogP contribution < -0.4 is 0 Å². The lowest BCUT2D eigenvalue weighted by atomic mass is 10.0. The molecule has 132 valence electrons. The maximum atomic E-state index is 12.5. The van der Waals surface area contributed by atoms with E-state index in [1.165, 1.54) is 11.3 Å². The first-order valence-corrected chi connectivity index (χ1v) is 9.15. The molecule has 0 radical (unpaired) electrons. The Morgan fingerprint density at radius 3 is 2.62 bits per heavy atom. The number of phenolic OH excluding ortho intramolecular Hbond substituents is 1. The molecule has 0 saturated carbocycles. The number of ether oxygens (including phenoxy) is 1. The molecule has 5 heteroatoms. The van der Waals surface area contributed by atoms with Gasteiger partial charge in [-0.3, -0.25) is 0 Å². The molecule has 0 unspecified atom stereocenters. The predicted molar refractivity (Wildman–Crippen MR) is 106 cm³/mol.